The summed E-state index contributed by atoms with van der Waals surface area (Å²) in [5, 5.41) is 0. The van der Waals surface area contributed by atoms with E-state index >= 15 is 0 Å². The SMILES string of the molecule is Cc1ccc(C)c(N2CCN(S(=O)(=O)c3ccc(-c4cnc(C5CCCC5)o4)s3)CC2)c1. The van der Waals surface area contributed by atoms with E-state index in [1.54, 1.807) is 16.6 Å². The highest BCUT2D eigenvalue weighted by Crippen LogP contribution is 2.38. The van der Waals surface area contributed by atoms with Gasteiger partial charge in [-0.05, 0) is 56.0 Å². The number of sulfonamides is 1. The van der Waals surface area contributed by atoms with Crippen molar-refractivity contribution in [1.29, 1.82) is 0 Å². The van der Waals surface area contributed by atoms with Crippen LogP contribution in [0, 0.1) is 13.8 Å². The highest BCUT2D eigenvalue weighted by atomic mass is 32.2. The zero-order valence-electron chi connectivity index (χ0n) is 18.6. The third-order valence-electron chi connectivity index (χ3n) is 6.59. The summed E-state index contributed by atoms with van der Waals surface area (Å²) in [6.45, 7) is 6.54. The van der Waals surface area contributed by atoms with Gasteiger partial charge < -0.3 is 9.32 Å². The third kappa shape index (κ3) is 4.11. The Kier molecular flexibility index (Phi) is 5.86. The predicted octanol–water partition coefficient (Wildman–Crippen LogP) is 5.19. The molecule has 1 aliphatic heterocycles. The topological polar surface area (TPSA) is 66.7 Å². The quantitative estimate of drug-likeness (QED) is 0.512. The molecular formula is C24H29N3O3S2. The van der Waals surface area contributed by atoms with E-state index in [0.29, 0.717) is 42.1 Å². The van der Waals surface area contributed by atoms with E-state index in [9.17, 15) is 8.42 Å². The van der Waals surface area contributed by atoms with Crippen molar-refractivity contribution < 1.29 is 12.8 Å². The molecule has 1 aliphatic carbocycles. The predicted molar refractivity (Wildman–Crippen MR) is 128 cm³/mol. The summed E-state index contributed by atoms with van der Waals surface area (Å²) in [6, 6.07) is 9.96. The number of hydrogen-bond donors (Lipinski definition) is 0. The highest BCUT2D eigenvalue weighted by Gasteiger charge is 2.31. The molecule has 2 aromatic heterocycles. The Morgan fingerprint density at radius 2 is 1.78 bits per heavy atom. The van der Waals surface area contributed by atoms with E-state index < -0.39 is 10.0 Å². The van der Waals surface area contributed by atoms with Crippen LogP contribution in [0.5, 0.6) is 0 Å². The monoisotopic (exact) mass is 471 g/mol. The first kappa shape index (κ1) is 21.7. The minimum atomic E-state index is -3.52. The van der Waals surface area contributed by atoms with Crippen LogP contribution in [0.4, 0.5) is 5.69 Å². The van der Waals surface area contributed by atoms with Crippen LogP contribution in [0.2, 0.25) is 0 Å². The van der Waals surface area contributed by atoms with E-state index in [1.807, 2.05) is 6.07 Å². The van der Waals surface area contributed by atoms with Gasteiger partial charge in [-0.15, -0.1) is 11.3 Å². The molecule has 2 aliphatic rings. The molecule has 0 spiro atoms. The van der Waals surface area contributed by atoms with Gasteiger partial charge in [0.25, 0.3) is 10.0 Å². The van der Waals surface area contributed by atoms with Crippen molar-refractivity contribution >= 4 is 27.0 Å². The van der Waals surface area contributed by atoms with Gasteiger partial charge >= 0.3 is 0 Å². The molecule has 170 valence electrons. The Morgan fingerprint density at radius 1 is 1.03 bits per heavy atom. The second-order valence-electron chi connectivity index (χ2n) is 8.84. The standard InChI is InChI=1S/C24H29N3O3S2/c1-17-7-8-18(2)20(15-17)26-11-13-27(14-12-26)32(28,29)23-10-9-22(31-23)21-16-25-24(30-21)19-5-3-4-6-19/h7-10,15-16,19H,3-6,11-14H2,1-2H3. The molecular weight excluding hydrogens is 442 g/mol. The Bertz CT molecular complexity index is 1200. The molecule has 2 fully saturated rings. The molecule has 5 rings (SSSR count). The average Bonchev–Trinajstić information content (AvgIpc) is 3.55. The maximum Gasteiger partial charge on any atom is 0.252 e. The number of rotatable bonds is 5. The molecule has 0 unspecified atom stereocenters. The van der Waals surface area contributed by atoms with Crippen LogP contribution >= 0.6 is 11.3 Å². The summed E-state index contributed by atoms with van der Waals surface area (Å²) in [4.78, 5) is 7.56. The zero-order chi connectivity index (χ0) is 22.3. The van der Waals surface area contributed by atoms with E-state index in [4.69, 9.17) is 4.42 Å². The van der Waals surface area contributed by atoms with Crippen LogP contribution in [0.15, 0.2) is 45.2 Å². The minimum Gasteiger partial charge on any atom is -0.440 e. The summed E-state index contributed by atoms with van der Waals surface area (Å²) in [6.07, 6.45) is 6.43. The van der Waals surface area contributed by atoms with Crippen LogP contribution in [-0.2, 0) is 10.0 Å². The van der Waals surface area contributed by atoms with Crippen LogP contribution < -0.4 is 4.90 Å². The number of thiophene rings is 1. The van der Waals surface area contributed by atoms with E-state index in [2.05, 4.69) is 41.9 Å². The molecule has 3 heterocycles. The number of nitrogens with zero attached hydrogens (tertiary/aromatic N) is 3. The summed E-state index contributed by atoms with van der Waals surface area (Å²) >= 11 is 1.27. The van der Waals surface area contributed by atoms with E-state index in [0.717, 1.165) is 23.6 Å². The Labute approximate surface area is 193 Å². The first-order chi connectivity index (χ1) is 15.4. The minimum absolute atomic E-state index is 0.367. The van der Waals surface area contributed by atoms with Crippen molar-refractivity contribution in [3.05, 3.63) is 53.5 Å². The lowest BCUT2D eigenvalue weighted by atomic mass is 10.1. The summed E-state index contributed by atoms with van der Waals surface area (Å²) in [7, 11) is -3.52. The van der Waals surface area contributed by atoms with Crippen molar-refractivity contribution in [2.24, 2.45) is 0 Å². The van der Waals surface area contributed by atoms with Crippen LogP contribution in [0.3, 0.4) is 0 Å². The Balaban J connectivity index is 1.29. The van der Waals surface area contributed by atoms with E-state index in [-0.39, 0.29) is 0 Å². The second-order valence-corrected chi connectivity index (χ2v) is 12.1. The maximum atomic E-state index is 13.3. The number of anilines is 1. The van der Waals surface area contributed by atoms with Gasteiger partial charge in [-0.1, -0.05) is 25.0 Å². The molecule has 0 N–H and O–H groups in total. The molecule has 1 aromatic carbocycles. The van der Waals surface area contributed by atoms with Crippen molar-refractivity contribution in [3.63, 3.8) is 0 Å². The fourth-order valence-electron chi connectivity index (χ4n) is 4.71. The number of piperazine rings is 1. The molecule has 1 saturated carbocycles. The number of aromatic nitrogens is 1. The largest absolute Gasteiger partial charge is 0.440 e. The van der Waals surface area contributed by atoms with Crippen molar-refractivity contribution in [3.8, 4) is 10.6 Å². The van der Waals surface area contributed by atoms with Gasteiger partial charge in [-0.25, -0.2) is 13.4 Å². The maximum absolute atomic E-state index is 13.3. The second kappa shape index (κ2) is 8.65. The molecule has 0 atom stereocenters. The van der Waals surface area contributed by atoms with Crippen LogP contribution in [0.25, 0.3) is 10.6 Å². The van der Waals surface area contributed by atoms with Crippen molar-refractivity contribution in [1.82, 2.24) is 9.29 Å². The lowest BCUT2D eigenvalue weighted by molar-refractivity contribution is 0.385. The molecule has 1 saturated heterocycles. The zero-order valence-corrected chi connectivity index (χ0v) is 20.2. The Morgan fingerprint density at radius 3 is 2.53 bits per heavy atom. The van der Waals surface area contributed by atoms with Gasteiger partial charge in [-0.3, -0.25) is 0 Å². The van der Waals surface area contributed by atoms with Gasteiger partial charge in [0.2, 0.25) is 0 Å². The van der Waals surface area contributed by atoms with Gasteiger partial charge in [0, 0.05) is 37.8 Å². The lowest BCUT2D eigenvalue weighted by Crippen LogP contribution is -2.48. The highest BCUT2D eigenvalue weighted by molar-refractivity contribution is 7.91. The summed E-state index contributed by atoms with van der Waals surface area (Å²) < 4.78 is 34.5. The fraction of sp³-hybridized carbons (Fsp3) is 0.458. The van der Waals surface area contributed by atoms with Gasteiger partial charge in [0.15, 0.2) is 11.7 Å². The molecule has 3 aromatic rings. The third-order valence-corrected chi connectivity index (χ3v) is 10.1. The first-order valence-electron chi connectivity index (χ1n) is 11.3. The smallest absolute Gasteiger partial charge is 0.252 e. The number of aryl methyl sites for hydroxylation is 2. The van der Waals surface area contributed by atoms with E-state index in [1.165, 1.54) is 41.0 Å². The molecule has 0 radical (unpaired) electrons. The Hall–Kier alpha value is -2.16. The van der Waals surface area contributed by atoms with Gasteiger partial charge in [-0.2, -0.15) is 4.31 Å². The number of benzene rings is 1. The van der Waals surface area contributed by atoms with Crippen LogP contribution in [0.1, 0.15) is 48.6 Å². The fourth-order valence-corrected chi connectivity index (χ4v) is 7.54. The molecule has 0 amide bonds. The average molecular weight is 472 g/mol. The summed E-state index contributed by atoms with van der Waals surface area (Å²) in [5.74, 6) is 1.86. The van der Waals surface area contributed by atoms with Gasteiger partial charge in [0.1, 0.15) is 4.21 Å². The number of oxazole rings is 1. The van der Waals surface area contributed by atoms with Gasteiger partial charge in [0.05, 0.1) is 11.1 Å². The molecule has 32 heavy (non-hydrogen) atoms. The first-order valence-corrected chi connectivity index (χ1v) is 13.6. The molecule has 6 nitrogen and oxygen atoms in total. The number of hydrogen-bond acceptors (Lipinski definition) is 6. The lowest BCUT2D eigenvalue weighted by Gasteiger charge is -2.36. The van der Waals surface area contributed by atoms with Crippen molar-refractivity contribution in [2.45, 2.75) is 49.7 Å². The van der Waals surface area contributed by atoms with Crippen LogP contribution in [-0.4, -0.2) is 43.9 Å². The van der Waals surface area contributed by atoms with Crippen molar-refractivity contribution in [2.75, 3.05) is 31.1 Å². The summed E-state index contributed by atoms with van der Waals surface area (Å²) in [5.41, 5.74) is 3.64. The molecule has 0 bridgehead atoms. The normalized spacial score (nSPS) is 18.5. The molecule has 8 heteroatoms.